The van der Waals surface area contributed by atoms with Gasteiger partial charge in [0.25, 0.3) is 7.52 Å². The number of rotatable bonds is 7. The van der Waals surface area contributed by atoms with E-state index in [1.165, 1.54) is 22.8 Å². The molecule has 0 bridgehead atoms. The quantitative estimate of drug-likeness (QED) is 0.538. The predicted molar refractivity (Wildman–Crippen MR) is 65.2 cm³/mol. The summed E-state index contributed by atoms with van der Waals surface area (Å²) in [4.78, 5) is 30.9. The molecule has 7 nitrogen and oxygen atoms in total. The molecule has 2 atom stereocenters. The summed E-state index contributed by atoms with van der Waals surface area (Å²) in [6.45, 7) is 0. The monoisotopic (exact) mass is 293 g/mol. The van der Waals surface area contributed by atoms with Gasteiger partial charge in [0.2, 0.25) is 0 Å². The fourth-order valence-electron chi connectivity index (χ4n) is 1.23. The van der Waals surface area contributed by atoms with Gasteiger partial charge in [-0.25, -0.2) is 5.09 Å². The number of hydrogen-bond acceptors (Lipinski definition) is 4. The van der Waals surface area contributed by atoms with Crippen molar-refractivity contribution in [1.82, 2.24) is 5.09 Å². The first-order valence-corrected chi connectivity index (χ1v) is 7.51. The summed E-state index contributed by atoms with van der Waals surface area (Å²) in [5, 5.41) is 22.6. The molecule has 0 fully saturated rings. The fourth-order valence-corrected chi connectivity index (χ4v) is 3.69. The van der Waals surface area contributed by atoms with E-state index < -0.39 is 31.9 Å². The van der Waals surface area contributed by atoms with Crippen LogP contribution in [0.25, 0.3) is 0 Å². The highest BCUT2D eigenvalue weighted by molar-refractivity contribution is 7.64. The summed E-state index contributed by atoms with van der Waals surface area (Å²) >= 11 is 1.21. The van der Waals surface area contributed by atoms with Gasteiger partial charge in [-0.15, -0.1) is 0 Å². The average Bonchev–Trinajstić information content (AvgIpc) is 2.77. The van der Waals surface area contributed by atoms with Crippen molar-refractivity contribution in [2.24, 2.45) is 0 Å². The zero-order chi connectivity index (χ0) is 13.8. The normalized spacial score (nSPS) is 15.8. The summed E-state index contributed by atoms with van der Waals surface area (Å²) in [6.07, 6.45) is -0.660. The number of carboxylic acid groups (broad SMARTS) is 2. The largest absolute Gasteiger partial charge is 0.481 e. The van der Waals surface area contributed by atoms with Gasteiger partial charge >= 0.3 is 11.9 Å². The molecule has 9 heteroatoms. The van der Waals surface area contributed by atoms with E-state index >= 15 is 0 Å². The van der Waals surface area contributed by atoms with Crippen LogP contribution >= 0.6 is 18.9 Å². The van der Waals surface area contributed by atoms with Gasteiger partial charge in [-0.2, -0.15) is 11.3 Å². The maximum atomic E-state index is 11.9. The Labute approximate surface area is 107 Å². The predicted octanol–water partition coefficient (Wildman–Crippen LogP) is 0.466. The summed E-state index contributed by atoms with van der Waals surface area (Å²) < 4.78 is 11.9. The lowest BCUT2D eigenvalue weighted by Gasteiger charge is -2.17. The molecular formula is C9H12NO6PS. The van der Waals surface area contributed by atoms with Crippen molar-refractivity contribution in [2.75, 3.05) is 0 Å². The molecule has 0 aliphatic carbocycles. The Morgan fingerprint density at radius 2 is 2.11 bits per heavy atom. The van der Waals surface area contributed by atoms with E-state index in [1.807, 2.05) is 0 Å². The Hall–Kier alpha value is -1.21. The van der Waals surface area contributed by atoms with Crippen LogP contribution in [0.3, 0.4) is 0 Å². The third kappa shape index (κ3) is 4.23. The molecule has 0 aliphatic heterocycles. The summed E-state index contributed by atoms with van der Waals surface area (Å²) in [5.41, 5.74) is 0. The number of aliphatic carboxylic acids is 2. The van der Waals surface area contributed by atoms with Crippen LogP contribution in [0.1, 0.15) is 12.8 Å². The van der Waals surface area contributed by atoms with Crippen molar-refractivity contribution >= 4 is 36.1 Å². The van der Waals surface area contributed by atoms with E-state index in [2.05, 4.69) is 5.09 Å². The molecule has 0 aliphatic rings. The maximum Gasteiger partial charge on any atom is 0.321 e. The van der Waals surface area contributed by atoms with Crippen LogP contribution in [0.15, 0.2) is 16.8 Å². The molecule has 2 unspecified atom stereocenters. The highest BCUT2D eigenvalue weighted by atomic mass is 32.1. The van der Waals surface area contributed by atoms with Crippen molar-refractivity contribution in [3.05, 3.63) is 16.8 Å². The lowest BCUT2D eigenvalue weighted by Crippen LogP contribution is -2.37. The van der Waals surface area contributed by atoms with Crippen LogP contribution in [-0.4, -0.2) is 33.1 Å². The van der Waals surface area contributed by atoms with Gasteiger partial charge in [-0.3, -0.25) is 14.2 Å². The topological polar surface area (TPSA) is 124 Å². The van der Waals surface area contributed by atoms with Gasteiger partial charge in [-0.1, -0.05) is 0 Å². The van der Waals surface area contributed by atoms with Crippen LogP contribution in [0, 0.1) is 0 Å². The van der Waals surface area contributed by atoms with Crippen LogP contribution in [0.2, 0.25) is 0 Å². The second kappa shape index (κ2) is 6.10. The Kier molecular flexibility index (Phi) is 5.03. The Morgan fingerprint density at radius 3 is 2.56 bits per heavy atom. The minimum absolute atomic E-state index is 0.106. The molecule has 100 valence electrons. The first-order valence-electron chi connectivity index (χ1n) is 4.91. The lowest BCUT2D eigenvalue weighted by molar-refractivity contribution is -0.140. The fraction of sp³-hybridized carbons (Fsp3) is 0.333. The van der Waals surface area contributed by atoms with E-state index in [4.69, 9.17) is 10.2 Å². The third-order valence-corrected chi connectivity index (χ3v) is 4.63. The number of nitrogens with one attached hydrogen (secondary N) is 1. The first kappa shape index (κ1) is 14.8. The second-order valence-corrected chi connectivity index (χ2v) is 6.22. The molecule has 0 amide bonds. The Balaban J connectivity index is 2.74. The number of carboxylic acids is 2. The minimum atomic E-state index is -3.98. The molecule has 0 spiro atoms. The minimum Gasteiger partial charge on any atom is -0.481 e. The SMILES string of the molecule is O=C(O)CCC(NP(=O)(O)c1ccsc1)C(=O)O. The van der Waals surface area contributed by atoms with Gasteiger partial charge in [0.15, 0.2) is 0 Å². The molecular weight excluding hydrogens is 281 g/mol. The number of thiophene rings is 1. The standard InChI is InChI=1S/C9H12NO6PS/c11-8(12)2-1-7(9(13)14)10-17(15,16)6-3-4-18-5-6/h3-5,7H,1-2H2,(H,11,12)(H,13,14)(H2,10,15,16). The highest BCUT2D eigenvalue weighted by Crippen LogP contribution is 2.36. The smallest absolute Gasteiger partial charge is 0.321 e. The summed E-state index contributed by atoms with van der Waals surface area (Å²) in [7, 11) is -3.98. The maximum absolute atomic E-state index is 11.9. The van der Waals surface area contributed by atoms with Crippen LogP contribution in [-0.2, 0) is 14.2 Å². The summed E-state index contributed by atoms with van der Waals surface area (Å²) in [5.74, 6) is -2.52. The van der Waals surface area contributed by atoms with E-state index in [-0.39, 0.29) is 11.7 Å². The number of carbonyl (C=O) groups is 2. The van der Waals surface area contributed by atoms with Crippen LogP contribution in [0.5, 0.6) is 0 Å². The molecule has 1 aromatic rings. The zero-order valence-electron chi connectivity index (χ0n) is 9.15. The van der Waals surface area contributed by atoms with Crippen molar-refractivity contribution in [2.45, 2.75) is 18.9 Å². The second-order valence-electron chi connectivity index (χ2n) is 3.51. The molecule has 0 saturated carbocycles. The molecule has 1 aromatic heterocycles. The molecule has 1 rings (SSSR count). The molecule has 0 radical (unpaired) electrons. The van der Waals surface area contributed by atoms with Crippen LogP contribution in [0.4, 0.5) is 0 Å². The molecule has 0 aromatic carbocycles. The third-order valence-electron chi connectivity index (χ3n) is 2.13. The van der Waals surface area contributed by atoms with Gasteiger partial charge in [0.05, 0.1) is 5.30 Å². The van der Waals surface area contributed by atoms with Gasteiger partial charge in [0.1, 0.15) is 6.04 Å². The van der Waals surface area contributed by atoms with Gasteiger partial charge in [-0.05, 0) is 17.9 Å². The van der Waals surface area contributed by atoms with E-state index in [0.29, 0.717) is 0 Å². The van der Waals surface area contributed by atoms with E-state index in [0.717, 1.165) is 0 Å². The van der Waals surface area contributed by atoms with Crippen molar-refractivity contribution in [3.8, 4) is 0 Å². The van der Waals surface area contributed by atoms with E-state index in [1.54, 1.807) is 5.38 Å². The highest BCUT2D eigenvalue weighted by Gasteiger charge is 2.29. The van der Waals surface area contributed by atoms with Crippen molar-refractivity contribution in [1.29, 1.82) is 0 Å². The Morgan fingerprint density at radius 1 is 1.44 bits per heavy atom. The number of hydrogen-bond donors (Lipinski definition) is 4. The molecule has 0 saturated heterocycles. The molecule has 18 heavy (non-hydrogen) atoms. The van der Waals surface area contributed by atoms with Crippen LogP contribution < -0.4 is 10.4 Å². The van der Waals surface area contributed by atoms with Crippen molar-refractivity contribution in [3.63, 3.8) is 0 Å². The zero-order valence-corrected chi connectivity index (χ0v) is 10.9. The average molecular weight is 293 g/mol. The summed E-state index contributed by atoms with van der Waals surface area (Å²) in [6, 6.07) is 0.0333. The van der Waals surface area contributed by atoms with E-state index in [9.17, 15) is 19.0 Å². The van der Waals surface area contributed by atoms with Crippen molar-refractivity contribution < 1.29 is 29.3 Å². The van der Waals surface area contributed by atoms with Gasteiger partial charge < -0.3 is 15.1 Å². The Bertz CT molecular complexity index is 473. The van der Waals surface area contributed by atoms with Gasteiger partial charge in [0, 0.05) is 11.8 Å². The molecule has 1 heterocycles. The first-order chi connectivity index (χ1) is 8.33. The molecule has 4 N–H and O–H groups in total. The lowest BCUT2D eigenvalue weighted by atomic mass is 10.2.